The average molecular weight is 500 g/mol. The highest BCUT2D eigenvalue weighted by molar-refractivity contribution is 7.94. The molecule has 3 rings (SSSR count). The van der Waals surface area contributed by atoms with E-state index in [4.69, 9.17) is 14.2 Å². The third-order valence-electron chi connectivity index (χ3n) is 4.73. The highest BCUT2D eigenvalue weighted by Gasteiger charge is 2.29. The summed E-state index contributed by atoms with van der Waals surface area (Å²) >= 11 is 0. The zero-order chi connectivity index (χ0) is 25.6. The minimum absolute atomic E-state index is 0.0762. The SMILES string of the molecule is COc1ccccc1Oc1c([N-]S(=O)(=O)c2ccc(C(C)(C)C)cc2)nc([N+]#N)nc1OCCO. The van der Waals surface area contributed by atoms with Crippen molar-refractivity contribution in [3.05, 3.63) is 63.8 Å². The second kappa shape index (κ2) is 10.5. The first kappa shape index (κ1) is 25.7. The Bertz CT molecular complexity index is 1330. The van der Waals surface area contributed by atoms with Crippen LogP contribution in [0.25, 0.3) is 9.70 Å². The lowest BCUT2D eigenvalue weighted by Gasteiger charge is -2.19. The van der Waals surface area contributed by atoms with Crippen molar-refractivity contribution in [3.63, 3.8) is 0 Å². The molecular formula is C23H25N5O6S. The summed E-state index contributed by atoms with van der Waals surface area (Å²) in [5.41, 5.74) is 0.776. The lowest BCUT2D eigenvalue weighted by Crippen LogP contribution is -2.11. The number of sulfonamides is 1. The van der Waals surface area contributed by atoms with Crippen LogP contribution in [-0.2, 0) is 15.4 Å². The van der Waals surface area contributed by atoms with E-state index in [0.717, 1.165) is 5.56 Å². The largest absolute Gasteiger partial charge is 0.565 e. The molecule has 0 saturated heterocycles. The van der Waals surface area contributed by atoms with E-state index < -0.39 is 21.8 Å². The van der Waals surface area contributed by atoms with Gasteiger partial charge in [0.1, 0.15) is 6.61 Å². The Labute approximate surface area is 203 Å². The highest BCUT2D eigenvalue weighted by atomic mass is 32.2. The van der Waals surface area contributed by atoms with E-state index in [0.29, 0.717) is 5.75 Å². The zero-order valence-electron chi connectivity index (χ0n) is 19.7. The molecule has 1 N–H and O–H groups in total. The molecule has 0 aliphatic rings. The van der Waals surface area contributed by atoms with Gasteiger partial charge in [-0.2, -0.15) is 0 Å². The van der Waals surface area contributed by atoms with Gasteiger partial charge in [0.15, 0.2) is 17.3 Å². The number of aliphatic hydroxyl groups excluding tert-OH is 1. The van der Waals surface area contributed by atoms with E-state index >= 15 is 0 Å². The van der Waals surface area contributed by atoms with Crippen molar-refractivity contribution in [2.45, 2.75) is 31.1 Å². The van der Waals surface area contributed by atoms with Gasteiger partial charge in [-0.05, 0) is 50.2 Å². The number of benzene rings is 2. The fourth-order valence-electron chi connectivity index (χ4n) is 2.95. The molecule has 11 nitrogen and oxygen atoms in total. The quantitative estimate of drug-likeness (QED) is 0.408. The minimum atomic E-state index is -4.27. The molecule has 184 valence electrons. The van der Waals surface area contributed by atoms with Gasteiger partial charge in [-0.15, -0.1) is 0 Å². The summed E-state index contributed by atoms with van der Waals surface area (Å²) in [6.45, 7) is 5.46. The van der Waals surface area contributed by atoms with Crippen LogP contribution in [0.15, 0.2) is 53.4 Å². The standard InChI is InChI=1S/C23H25N5O6S/c1-23(2,3)15-9-11-16(12-10-15)35(30,31)28-20-19(34-18-8-6-5-7-17(18)32-4)21(33-14-13-29)26-22(25-20)27-24/h5-12,29H,13-14H2,1-4H3. The van der Waals surface area contributed by atoms with Gasteiger partial charge in [0.25, 0.3) is 0 Å². The third-order valence-corrected chi connectivity index (χ3v) is 6.01. The molecule has 12 heteroatoms. The number of hydrogen-bond acceptors (Lipinski definition) is 9. The predicted octanol–water partition coefficient (Wildman–Crippen LogP) is 4.82. The van der Waals surface area contributed by atoms with E-state index in [9.17, 15) is 18.9 Å². The second-order valence-corrected chi connectivity index (χ2v) is 9.85. The first-order valence-corrected chi connectivity index (χ1v) is 11.9. The molecule has 0 spiro atoms. The third kappa shape index (κ3) is 6.14. The number of rotatable bonds is 9. The average Bonchev–Trinajstić information content (AvgIpc) is 2.83. The fraction of sp³-hybridized carbons (Fsp3) is 0.304. The Morgan fingerprint density at radius 1 is 1.06 bits per heavy atom. The van der Waals surface area contributed by atoms with Gasteiger partial charge in [-0.1, -0.05) is 45.0 Å². The second-order valence-electron chi connectivity index (χ2n) is 8.25. The van der Waals surface area contributed by atoms with Crippen molar-refractivity contribution < 1.29 is 27.7 Å². The Kier molecular flexibility index (Phi) is 7.73. The summed E-state index contributed by atoms with van der Waals surface area (Å²) in [6, 6.07) is 12.9. The first-order valence-electron chi connectivity index (χ1n) is 10.5. The number of nitrogens with zero attached hydrogens (tertiary/aromatic N) is 5. The number of para-hydroxylation sites is 2. The molecule has 2 aromatic carbocycles. The molecule has 0 bridgehead atoms. The van der Waals surface area contributed by atoms with E-state index in [1.165, 1.54) is 19.2 Å². The number of methoxy groups -OCH3 is 1. The topological polar surface area (TPSA) is 150 Å². The molecule has 1 aromatic heterocycles. The van der Waals surface area contributed by atoms with Gasteiger partial charge in [0.05, 0.1) is 24.0 Å². The smallest absolute Gasteiger partial charge is 0.493 e. The molecule has 0 atom stereocenters. The molecule has 0 amide bonds. The van der Waals surface area contributed by atoms with Crippen LogP contribution in [0.3, 0.4) is 0 Å². The first-order chi connectivity index (χ1) is 16.6. The summed E-state index contributed by atoms with van der Waals surface area (Å²) in [5, 5.41) is 18.4. The maximum atomic E-state index is 13.1. The molecule has 1 heterocycles. The molecule has 0 fully saturated rings. The molecule has 0 radical (unpaired) electrons. The molecule has 3 aromatic rings. The number of diazo groups is 1. The Hall–Kier alpha value is -3.95. The maximum Gasteiger partial charge on any atom is 0.565 e. The van der Waals surface area contributed by atoms with Gasteiger partial charge in [0.2, 0.25) is 15.8 Å². The van der Waals surface area contributed by atoms with Gasteiger partial charge < -0.3 is 24.0 Å². The number of hydrogen-bond donors (Lipinski definition) is 1. The minimum Gasteiger partial charge on any atom is -0.493 e. The molecule has 0 unspecified atom stereocenters. The van der Waals surface area contributed by atoms with Crippen LogP contribution in [0.5, 0.6) is 23.1 Å². The summed E-state index contributed by atoms with van der Waals surface area (Å²) in [6.07, 6.45) is 0. The monoisotopic (exact) mass is 499 g/mol. The molecule has 0 aliphatic carbocycles. The fourth-order valence-corrected chi connectivity index (χ4v) is 3.89. The predicted molar refractivity (Wildman–Crippen MR) is 128 cm³/mol. The van der Waals surface area contributed by atoms with Crippen LogP contribution < -0.4 is 14.2 Å². The Morgan fingerprint density at radius 3 is 2.29 bits per heavy atom. The Morgan fingerprint density at radius 2 is 1.71 bits per heavy atom. The van der Waals surface area contributed by atoms with Crippen molar-refractivity contribution in [2.24, 2.45) is 0 Å². The van der Waals surface area contributed by atoms with Gasteiger partial charge in [0, 0.05) is 0 Å². The molecule has 0 saturated carbocycles. The molecule has 35 heavy (non-hydrogen) atoms. The van der Waals surface area contributed by atoms with Crippen molar-refractivity contribution in [2.75, 3.05) is 20.3 Å². The van der Waals surface area contributed by atoms with Crippen molar-refractivity contribution in [3.8, 4) is 23.1 Å². The number of ether oxygens (including phenoxy) is 3. The van der Waals surface area contributed by atoms with Crippen LogP contribution in [0, 0.1) is 5.39 Å². The highest BCUT2D eigenvalue weighted by Crippen LogP contribution is 2.45. The maximum absolute atomic E-state index is 13.1. The van der Waals surface area contributed by atoms with Crippen molar-refractivity contribution in [1.29, 1.82) is 5.39 Å². The van der Waals surface area contributed by atoms with Crippen LogP contribution in [0.2, 0.25) is 0 Å². The van der Waals surface area contributed by atoms with Crippen molar-refractivity contribution in [1.82, 2.24) is 9.97 Å². The van der Waals surface area contributed by atoms with Crippen LogP contribution in [0.1, 0.15) is 26.3 Å². The lowest BCUT2D eigenvalue weighted by atomic mass is 9.87. The summed E-state index contributed by atoms with van der Waals surface area (Å²) < 4.78 is 46.6. The van der Waals surface area contributed by atoms with E-state index in [1.807, 2.05) is 20.8 Å². The molecule has 0 aliphatic heterocycles. The Balaban J connectivity index is 2.09. The van der Waals surface area contributed by atoms with E-state index in [1.54, 1.807) is 36.4 Å². The number of aromatic nitrogens is 2. The van der Waals surface area contributed by atoms with Crippen LogP contribution in [-0.4, -0.2) is 43.8 Å². The zero-order valence-corrected chi connectivity index (χ0v) is 20.5. The normalized spacial score (nSPS) is 11.4. The van der Waals surface area contributed by atoms with Gasteiger partial charge >= 0.3 is 11.8 Å². The molecular weight excluding hydrogens is 474 g/mol. The lowest BCUT2D eigenvalue weighted by molar-refractivity contribution is 0.192. The summed E-state index contributed by atoms with van der Waals surface area (Å²) in [4.78, 5) is 10.6. The van der Waals surface area contributed by atoms with Crippen molar-refractivity contribution >= 4 is 21.8 Å². The summed E-state index contributed by atoms with van der Waals surface area (Å²) in [7, 11) is -2.84. The van der Waals surface area contributed by atoms with E-state index in [-0.39, 0.29) is 40.9 Å². The van der Waals surface area contributed by atoms with Crippen LogP contribution >= 0.6 is 0 Å². The van der Waals surface area contributed by atoms with Gasteiger partial charge in [-0.25, -0.2) is 8.42 Å². The van der Waals surface area contributed by atoms with Gasteiger partial charge in [-0.3, -0.25) is 0 Å². The van der Waals surface area contributed by atoms with Crippen LogP contribution in [0.4, 0.5) is 11.8 Å². The summed E-state index contributed by atoms with van der Waals surface area (Å²) in [5.74, 6) is -1.00. The van der Waals surface area contributed by atoms with E-state index in [2.05, 4.69) is 19.7 Å². The number of aliphatic hydroxyl groups is 1.